The Morgan fingerprint density at radius 1 is 1.04 bits per heavy atom. The Morgan fingerprint density at radius 2 is 1.70 bits per heavy atom. The number of carboxylic acid groups (broad SMARTS) is 1. The Hall–Kier alpha value is -2.49. The van der Waals surface area contributed by atoms with E-state index in [0.717, 1.165) is 12.0 Å². The maximum atomic E-state index is 11.6. The molecular weight excluding hydrogens is 290 g/mol. The summed E-state index contributed by atoms with van der Waals surface area (Å²) in [7, 11) is 0. The molecule has 0 aliphatic carbocycles. The van der Waals surface area contributed by atoms with E-state index >= 15 is 0 Å². The summed E-state index contributed by atoms with van der Waals surface area (Å²) in [4.78, 5) is 13.0. The quantitative estimate of drug-likeness (QED) is 0.817. The Balaban J connectivity index is 2.05. The molecule has 23 heavy (non-hydrogen) atoms. The number of hydrogen-bond acceptors (Lipinski definition) is 2. The Morgan fingerprint density at radius 3 is 2.30 bits per heavy atom. The number of phenolic OH excluding ortho intramolecular Hbond substituents is 1. The first-order chi connectivity index (χ1) is 11.0. The molecule has 0 heterocycles. The van der Waals surface area contributed by atoms with Crippen LogP contribution in [-0.4, -0.2) is 27.8 Å². The van der Waals surface area contributed by atoms with Crippen LogP contribution in [0.2, 0.25) is 0 Å². The second kappa shape index (κ2) is 7.68. The van der Waals surface area contributed by atoms with Crippen LogP contribution in [-0.2, 0) is 0 Å². The predicted molar refractivity (Wildman–Crippen MR) is 90.7 cm³/mol. The van der Waals surface area contributed by atoms with Crippen LogP contribution in [0.25, 0.3) is 0 Å². The smallest absolute Gasteiger partial charge is 0.407 e. The molecule has 4 heteroatoms. The highest BCUT2D eigenvalue weighted by Crippen LogP contribution is 2.26. The van der Waals surface area contributed by atoms with Crippen molar-refractivity contribution >= 4 is 6.09 Å². The highest BCUT2D eigenvalue weighted by Gasteiger charge is 2.21. The molecule has 0 saturated carbocycles. The van der Waals surface area contributed by atoms with Crippen LogP contribution >= 0.6 is 0 Å². The number of phenols is 1. The van der Waals surface area contributed by atoms with Crippen molar-refractivity contribution in [1.82, 2.24) is 4.90 Å². The summed E-state index contributed by atoms with van der Waals surface area (Å²) < 4.78 is 0. The second-order valence-electron chi connectivity index (χ2n) is 5.85. The van der Waals surface area contributed by atoms with Gasteiger partial charge in [0.1, 0.15) is 5.75 Å². The monoisotopic (exact) mass is 313 g/mol. The van der Waals surface area contributed by atoms with Gasteiger partial charge in [0.2, 0.25) is 0 Å². The van der Waals surface area contributed by atoms with Gasteiger partial charge in [-0.3, -0.25) is 0 Å². The van der Waals surface area contributed by atoms with Gasteiger partial charge in [0.05, 0.1) is 6.04 Å². The van der Waals surface area contributed by atoms with Crippen LogP contribution in [0.15, 0.2) is 54.6 Å². The van der Waals surface area contributed by atoms with Crippen LogP contribution in [0.5, 0.6) is 5.75 Å². The first kappa shape index (κ1) is 16.9. The number of amides is 1. The molecular formula is C19H23NO3. The molecule has 2 N–H and O–H groups in total. The van der Waals surface area contributed by atoms with Gasteiger partial charge in [0, 0.05) is 6.54 Å². The van der Waals surface area contributed by atoms with E-state index < -0.39 is 6.09 Å². The molecule has 0 spiro atoms. The normalized spacial score (nSPS) is 13.3. The number of benzene rings is 2. The van der Waals surface area contributed by atoms with Crippen molar-refractivity contribution < 1.29 is 15.0 Å². The van der Waals surface area contributed by atoms with Gasteiger partial charge in [0.25, 0.3) is 0 Å². The minimum Gasteiger partial charge on any atom is -0.508 e. The topological polar surface area (TPSA) is 60.8 Å². The lowest BCUT2D eigenvalue weighted by atomic mass is 9.97. The van der Waals surface area contributed by atoms with E-state index in [1.54, 1.807) is 18.2 Å². The van der Waals surface area contributed by atoms with E-state index in [-0.39, 0.29) is 17.7 Å². The van der Waals surface area contributed by atoms with Crippen molar-refractivity contribution in [3.8, 4) is 5.75 Å². The van der Waals surface area contributed by atoms with Crippen LogP contribution in [0.4, 0.5) is 4.79 Å². The minimum atomic E-state index is -0.943. The van der Waals surface area contributed by atoms with Crippen molar-refractivity contribution in [1.29, 1.82) is 0 Å². The average Bonchev–Trinajstić information content (AvgIpc) is 2.55. The first-order valence-electron chi connectivity index (χ1n) is 7.82. The van der Waals surface area contributed by atoms with E-state index in [0.29, 0.717) is 6.54 Å². The molecule has 4 nitrogen and oxygen atoms in total. The minimum absolute atomic E-state index is 0.150. The average molecular weight is 313 g/mol. The zero-order valence-electron chi connectivity index (χ0n) is 13.5. The Labute approximate surface area is 137 Å². The van der Waals surface area contributed by atoms with Gasteiger partial charge < -0.3 is 15.1 Å². The third-order valence-electron chi connectivity index (χ3n) is 4.24. The van der Waals surface area contributed by atoms with Crippen LogP contribution in [0.1, 0.15) is 43.4 Å². The summed E-state index contributed by atoms with van der Waals surface area (Å²) in [5, 5.41) is 19.1. The van der Waals surface area contributed by atoms with Gasteiger partial charge in [-0.25, -0.2) is 4.79 Å². The van der Waals surface area contributed by atoms with Gasteiger partial charge in [0.15, 0.2) is 0 Å². The van der Waals surface area contributed by atoms with Crippen molar-refractivity contribution in [3.63, 3.8) is 0 Å². The van der Waals surface area contributed by atoms with Crippen LogP contribution in [0, 0.1) is 0 Å². The molecule has 0 aromatic heterocycles. The molecule has 2 rings (SSSR count). The highest BCUT2D eigenvalue weighted by molar-refractivity contribution is 5.65. The molecule has 2 aromatic rings. The van der Waals surface area contributed by atoms with Crippen molar-refractivity contribution in [2.24, 2.45) is 0 Å². The summed E-state index contributed by atoms with van der Waals surface area (Å²) in [6.45, 7) is 4.40. The summed E-state index contributed by atoms with van der Waals surface area (Å²) in [6, 6.07) is 16.6. The Kier molecular flexibility index (Phi) is 5.63. The fourth-order valence-corrected chi connectivity index (χ4v) is 2.70. The standard InChI is InChI=1S/C19H23NO3/c1-14(16-7-4-3-5-8-16)11-12-20(19(22)23)15(2)17-9-6-10-18(21)13-17/h3-10,13-15,21H,11-12H2,1-2H3,(H,22,23)/t14?,15-/m0/s1. The van der Waals surface area contributed by atoms with E-state index in [1.807, 2.05) is 31.2 Å². The molecule has 1 unspecified atom stereocenters. The fourth-order valence-electron chi connectivity index (χ4n) is 2.70. The molecule has 0 bridgehead atoms. The molecule has 1 amide bonds. The fraction of sp³-hybridized carbons (Fsp3) is 0.316. The third kappa shape index (κ3) is 4.49. The van der Waals surface area contributed by atoms with E-state index in [9.17, 15) is 15.0 Å². The molecule has 2 aromatic carbocycles. The summed E-state index contributed by atoms with van der Waals surface area (Å²) >= 11 is 0. The molecule has 0 radical (unpaired) electrons. The molecule has 122 valence electrons. The summed E-state index contributed by atoms with van der Waals surface area (Å²) in [6.07, 6.45) is -0.194. The zero-order valence-corrected chi connectivity index (χ0v) is 13.5. The number of carbonyl (C=O) groups is 1. The molecule has 0 aliphatic heterocycles. The van der Waals surface area contributed by atoms with Crippen LogP contribution < -0.4 is 0 Å². The maximum absolute atomic E-state index is 11.6. The van der Waals surface area contributed by atoms with Gasteiger partial charge in [-0.1, -0.05) is 49.4 Å². The van der Waals surface area contributed by atoms with Crippen LogP contribution in [0.3, 0.4) is 0 Å². The number of rotatable bonds is 6. The van der Waals surface area contributed by atoms with Gasteiger partial charge in [-0.05, 0) is 42.5 Å². The lowest BCUT2D eigenvalue weighted by Crippen LogP contribution is -2.33. The summed E-state index contributed by atoms with van der Waals surface area (Å²) in [5.74, 6) is 0.437. The first-order valence-corrected chi connectivity index (χ1v) is 7.82. The van der Waals surface area contributed by atoms with Crippen molar-refractivity contribution in [2.45, 2.75) is 32.2 Å². The van der Waals surface area contributed by atoms with E-state index in [1.165, 1.54) is 10.5 Å². The molecule has 0 aliphatic rings. The van der Waals surface area contributed by atoms with Gasteiger partial charge in [-0.2, -0.15) is 0 Å². The van der Waals surface area contributed by atoms with E-state index in [4.69, 9.17) is 0 Å². The zero-order chi connectivity index (χ0) is 16.8. The van der Waals surface area contributed by atoms with E-state index in [2.05, 4.69) is 19.1 Å². The molecule has 0 saturated heterocycles. The maximum Gasteiger partial charge on any atom is 0.407 e. The molecule has 0 fully saturated rings. The SMILES string of the molecule is CC(CCN(C(=O)O)[C@@H](C)c1cccc(O)c1)c1ccccc1. The number of hydrogen-bond donors (Lipinski definition) is 2. The van der Waals surface area contributed by atoms with Crippen molar-refractivity contribution in [2.75, 3.05) is 6.54 Å². The molecule has 2 atom stereocenters. The van der Waals surface area contributed by atoms with Crippen molar-refractivity contribution in [3.05, 3.63) is 65.7 Å². The third-order valence-corrected chi connectivity index (χ3v) is 4.24. The lowest BCUT2D eigenvalue weighted by molar-refractivity contribution is 0.126. The van der Waals surface area contributed by atoms with Gasteiger partial charge >= 0.3 is 6.09 Å². The highest BCUT2D eigenvalue weighted by atomic mass is 16.4. The number of nitrogens with zero attached hydrogens (tertiary/aromatic N) is 1. The number of aromatic hydroxyl groups is 1. The largest absolute Gasteiger partial charge is 0.508 e. The lowest BCUT2D eigenvalue weighted by Gasteiger charge is -2.28. The van der Waals surface area contributed by atoms with Gasteiger partial charge in [-0.15, -0.1) is 0 Å². The second-order valence-corrected chi connectivity index (χ2v) is 5.85. The summed E-state index contributed by atoms with van der Waals surface area (Å²) in [5.41, 5.74) is 2.00. The predicted octanol–water partition coefficient (Wildman–Crippen LogP) is 4.63. The Bertz CT molecular complexity index is 642.